The Balaban J connectivity index is 0.000000108. The summed E-state index contributed by atoms with van der Waals surface area (Å²) in [7, 11) is 0. The number of hydrogen-bond donors (Lipinski definition) is 0. The maximum atomic E-state index is 4.90. The fourth-order valence-electron chi connectivity index (χ4n) is 22.8. The molecule has 0 saturated heterocycles. The molecule has 0 aliphatic carbocycles. The number of fused-ring (bicyclic) bond motifs is 18. The first-order chi connectivity index (χ1) is 74.4. The number of benzene rings is 21. The molecule has 0 bridgehead atoms. The number of pyridine rings is 3. The second-order valence-electron chi connectivity index (χ2n) is 38.6. The predicted molar refractivity (Wildman–Crippen MR) is 628 cm³/mol. The molecule has 30 rings (SSSR count). The first kappa shape index (κ1) is 87.6. The van der Waals surface area contributed by atoms with Crippen molar-refractivity contribution in [1.29, 1.82) is 0 Å². The summed E-state index contributed by atoms with van der Waals surface area (Å²) >= 11 is 0. The highest BCUT2D eigenvalue weighted by Gasteiger charge is 2.25. The highest BCUT2D eigenvalue weighted by Crippen LogP contribution is 2.46. The van der Waals surface area contributed by atoms with Crippen molar-refractivity contribution >= 4 is 131 Å². The summed E-state index contributed by atoms with van der Waals surface area (Å²) in [5.41, 5.74) is 41.6. The van der Waals surface area contributed by atoms with Crippen LogP contribution in [0.4, 0.5) is 0 Å². The van der Waals surface area contributed by atoms with Crippen LogP contribution >= 0.6 is 0 Å². The predicted octanol–water partition coefficient (Wildman–Crippen LogP) is 36.8. The minimum atomic E-state index is 0.957. The third-order valence-corrected chi connectivity index (χ3v) is 29.9. The van der Waals surface area contributed by atoms with E-state index in [9.17, 15) is 0 Å². The van der Waals surface area contributed by atoms with Gasteiger partial charge in [-0.25, -0.2) is 15.0 Å². The minimum absolute atomic E-state index is 0.957. The highest BCUT2D eigenvalue weighted by atomic mass is 15.1. The zero-order valence-corrected chi connectivity index (χ0v) is 81.7. The zero-order chi connectivity index (χ0) is 99.1. The Labute approximate surface area is 866 Å². The Hall–Kier alpha value is -20.1. The SMILES string of the molecule is c1ccc(-c2ccc(-n3c4ccccc4c4ccc(-c5ccc6c7cccnc7n(-c7ccc(-c8ccccc8)cc7)c6c5)cc43)cc2)cc1.c1ccc(-c2ccc(-n3c4ccccc4c4ccc(-c5ccc6c7cccnc7n(-c7cccc(-c8ccccc8)c7)c6c5)cc43)cc2)cc1.c1ccc(-c2cccc(-n3c4ccccc4c4ccc(-c5ccc6c7cccnc7n(-c7cccc(-c8ccccc8)c7)c6c5)cc43)c2)cc1. The van der Waals surface area contributed by atoms with E-state index in [0.717, 1.165) is 89.3 Å². The summed E-state index contributed by atoms with van der Waals surface area (Å²) in [4.78, 5) is 14.7. The van der Waals surface area contributed by atoms with Crippen molar-refractivity contribution in [3.63, 3.8) is 0 Å². The van der Waals surface area contributed by atoms with Crippen LogP contribution in [-0.2, 0) is 0 Å². The van der Waals surface area contributed by atoms with Crippen LogP contribution in [0.1, 0.15) is 0 Å². The van der Waals surface area contributed by atoms with Crippen molar-refractivity contribution in [2.45, 2.75) is 0 Å². The molecular weight excluding hydrogens is 1820 g/mol. The molecule has 0 amide bonds. The van der Waals surface area contributed by atoms with Crippen molar-refractivity contribution in [1.82, 2.24) is 42.4 Å². The Morgan fingerprint density at radius 3 is 0.547 bits per heavy atom. The maximum Gasteiger partial charge on any atom is 0.145 e. The lowest BCUT2D eigenvalue weighted by molar-refractivity contribution is 1.14. The van der Waals surface area contributed by atoms with Gasteiger partial charge in [-0.3, -0.25) is 13.7 Å². The molecule has 0 fully saturated rings. The van der Waals surface area contributed by atoms with Gasteiger partial charge in [-0.15, -0.1) is 0 Å². The van der Waals surface area contributed by atoms with Crippen LogP contribution < -0.4 is 0 Å². The molecule has 9 aromatic heterocycles. The number of nitrogens with zero attached hydrogens (tertiary/aromatic N) is 9. The molecule has 9 heteroatoms. The van der Waals surface area contributed by atoms with E-state index in [1.165, 1.54) is 176 Å². The summed E-state index contributed by atoms with van der Waals surface area (Å²) in [6, 6.07) is 196. The average molecular weight is 1910 g/mol. The number of rotatable bonds is 15. The van der Waals surface area contributed by atoms with Crippen LogP contribution in [-0.4, -0.2) is 42.4 Å². The lowest BCUT2D eigenvalue weighted by Gasteiger charge is -2.12. The molecule has 30 aromatic rings. The van der Waals surface area contributed by atoms with E-state index in [1.54, 1.807) is 0 Å². The molecule has 0 spiro atoms. The van der Waals surface area contributed by atoms with E-state index in [-0.39, 0.29) is 0 Å². The molecular formula is C141H93N9. The molecule has 0 saturated carbocycles. The largest absolute Gasteiger partial charge is 0.309 e. The molecule has 150 heavy (non-hydrogen) atoms. The molecule has 0 aliphatic rings. The first-order valence-electron chi connectivity index (χ1n) is 51.1. The average Bonchev–Trinajstić information content (AvgIpc) is 1.59. The van der Waals surface area contributed by atoms with E-state index < -0.39 is 0 Å². The Bertz CT molecular complexity index is 10000. The number of aromatic nitrogens is 9. The minimum Gasteiger partial charge on any atom is -0.309 e. The van der Waals surface area contributed by atoms with Gasteiger partial charge in [-0.2, -0.15) is 0 Å². The third kappa shape index (κ3) is 15.5. The van der Waals surface area contributed by atoms with Gasteiger partial charge in [0, 0.05) is 117 Å². The van der Waals surface area contributed by atoms with E-state index >= 15 is 0 Å². The van der Waals surface area contributed by atoms with Gasteiger partial charge >= 0.3 is 0 Å². The summed E-state index contributed by atoms with van der Waals surface area (Å²) in [5, 5.41) is 14.5. The lowest BCUT2D eigenvalue weighted by atomic mass is 10.0. The van der Waals surface area contributed by atoms with E-state index in [4.69, 9.17) is 15.0 Å². The Morgan fingerprint density at radius 2 is 0.273 bits per heavy atom. The van der Waals surface area contributed by atoms with Crippen molar-refractivity contribution in [3.8, 4) is 134 Å². The van der Waals surface area contributed by atoms with Crippen LogP contribution in [0.25, 0.3) is 265 Å². The van der Waals surface area contributed by atoms with Gasteiger partial charge in [0.05, 0.1) is 49.7 Å². The summed E-state index contributed by atoms with van der Waals surface area (Å²) in [6.45, 7) is 0. The van der Waals surface area contributed by atoms with E-state index in [1.807, 2.05) is 36.8 Å². The molecule has 21 aromatic carbocycles. The number of para-hydroxylation sites is 3. The second-order valence-corrected chi connectivity index (χ2v) is 38.6. The van der Waals surface area contributed by atoms with Crippen molar-refractivity contribution < 1.29 is 0 Å². The molecule has 0 aliphatic heterocycles. The molecule has 9 nitrogen and oxygen atoms in total. The monoisotopic (exact) mass is 1910 g/mol. The fourth-order valence-corrected chi connectivity index (χ4v) is 22.8. The van der Waals surface area contributed by atoms with Crippen LogP contribution in [0.2, 0.25) is 0 Å². The third-order valence-electron chi connectivity index (χ3n) is 29.9. The molecule has 0 radical (unpaired) electrons. The zero-order valence-electron chi connectivity index (χ0n) is 81.7. The standard InChI is InChI=1S/3C47H31N3/c1-3-12-32(13-4-1)34-16-9-18-38(28-34)49-44-22-8-7-20-40(44)41-25-23-36(30-45(41)49)37-24-26-42-43-21-11-27-48-47(43)50(46(42)31-37)39-19-10-17-35(29-39)33-14-5-2-6-15-33;1-3-11-32(12-4-1)34-20-24-38(25-21-34)49-44-19-8-7-17-40(44)41-26-22-36(30-45(41)49)37-23-27-42-43-18-10-28-48-47(43)50(46(42)31-37)39-16-9-15-35(29-39)33-13-5-2-6-14-33;1-3-10-32(11-4-1)34-17-23-38(24-18-34)49-44-16-8-7-14-40(44)41-27-21-36(30-45(41)49)37-22-28-42-43-15-9-29-48-47(43)50(46(42)31-37)39-25-19-35(20-26-39)33-12-5-2-6-13-33/h3*1-31H. The van der Waals surface area contributed by atoms with Gasteiger partial charge in [0.15, 0.2) is 0 Å². The summed E-state index contributed by atoms with van der Waals surface area (Å²) < 4.78 is 14.1. The Kier molecular flexibility index (Phi) is 21.8. The second kappa shape index (κ2) is 37.2. The van der Waals surface area contributed by atoms with Crippen LogP contribution in [0.5, 0.6) is 0 Å². The van der Waals surface area contributed by atoms with Gasteiger partial charge in [0.25, 0.3) is 0 Å². The van der Waals surface area contributed by atoms with Crippen LogP contribution in [0.3, 0.4) is 0 Å². The fraction of sp³-hybridized carbons (Fsp3) is 0. The van der Waals surface area contributed by atoms with Gasteiger partial charge in [-0.1, -0.05) is 382 Å². The number of hydrogen-bond acceptors (Lipinski definition) is 3. The molecule has 0 atom stereocenters. The van der Waals surface area contributed by atoms with E-state index in [0.29, 0.717) is 0 Å². The van der Waals surface area contributed by atoms with Gasteiger partial charge in [0.1, 0.15) is 16.9 Å². The summed E-state index contributed by atoms with van der Waals surface area (Å²) in [6.07, 6.45) is 5.66. The van der Waals surface area contributed by atoms with Crippen molar-refractivity contribution in [2.75, 3.05) is 0 Å². The lowest BCUT2D eigenvalue weighted by Crippen LogP contribution is -1.96. The topological polar surface area (TPSA) is 68.2 Å². The molecule has 9 heterocycles. The highest BCUT2D eigenvalue weighted by molar-refractivity contribution is 6.16. The van der Waals surface area contributed by atoms with Crippen LogP contribution in [0, 0.1) is 0 Å². The van der Waals surface area contributed by atoms with Gasteiger partial charge in [-0.05, 0) is 264 Å². The maximum absolute atomic E-state index is 4.90. The summed E-state index contributed by atoms with van der Waals surface area (Å²) in [5.74, 6) is 0. The van der Waals surface area contributed by atoms with Crippen molar-refractivity contribution in [2.24, 2.45) is 0 Å². The van der Waals surface area contributed by atoms with E-state index in [2.05, 4.69) is 555 Å². The quantitative estimate of drug-likeness (QED) is 0.103. The van der Waals surface area contributed by atoms with Crippen LogP contribution in [0.15, 0.2) is 565 Å². The molecule has 702 valence electrons. The molecule has 0 unspecified atom stereocenters. The smallest absolute Gasteiger partial charge is 0.145 e. The Morgan fingerprint density at radius 1 is 0.100 bits per heavy atom. The first-order valence-corrected chi connectivity index (χ1v) is 51.1. The van der Waals surface area contributed by atoms with Gasteiger partial charge < -0.3 is 13.7 Å². The van der Waals surface area contributed by atoms with Gasteiger partial charge in [0.2, 0.25) is 0 Å². The van der Waals surface area contributed by atoms with Crippen molar-refractivity contribution in [3.05, 3.63) is 565 Å². The molecule has 0 N–H and O–H groups in total. The normalized spacial score (nSPS) is 11.6.